The first-order valence-electron chi connectivity index (χ1n) is 1.47. The minimum atomic E-state index is -0.556. The lowest BCUT2D eigenvalue weighted by molar-refractivity contribution is 1.93. The molecule has 0 fully saturated rings. The monoisotopic (exact) mass is 88.0 g/mol. The fraction of sp³-hybridized carbons (Fsp3) is 0. The van der Waals surface area contributed by atoms with E-state index in [0.717, 1.165) is 0 Å². The first-order chi connectivity index (χ1) is 2.41. The van der Waals surface area contributed by atoms with Crippen molar-refractivity contribution in [1.29, 1.82) is 0 Å². The van der Waals surface area contributed by atoms with Crippen molar-refractivity contribution >= 4 is 20.2 Å². The lowest BCUT2D eigenvalue weighted by Gasteiger charge is -1.54. The second-order valence-corrected chi connectivity index (χ2v) is 0.782. The Labute approximate surface area is 36.9 Å². The lowest BCUT2D eigenvalue weighted by atomic mass is 10.3. The van der Waals surface area contributed by atoms with E-state index in [0.29, 0.717) is 0 Å². The summed E-state index contributed by atoms with van der Waals surface area (Å²) in [4.78, 5) is 0. The molecule has 0 saturated heterocycles. The number of rotatable bonds is 0. The fourth-order valence-electron chi connectivity index (χ4n) is 0.0577. The van der Waals surface area contributed by atoms with Crippen LogP contribution in [-0.2, 0) is 0 Å². The largest absolute Gasteiger partial charge is 0.443 e. The zero-order valence-electron chi connectivity index (χ0n) is 2.97. The summed E-state index contributed by atoms with van der Waals surface area (Å²) in [5.41, 5.74) is 4.99. The van der Waals surface area contributed by atoms with Crippen LogP contribution in [0.3, 0.4) is 0 Å². The molecule has 0 spiro atoms. The van der Waals surface area contributed by atoms with Crippen LogP contribution in [-0.4, -0.2) is 7.55 Å². The summed E-state index contributed by atoms with van der Waals surface area (Å²) < 4.78 is 3.49. The van der Waals surface area contributed by atoms with Crippen LogP contribution in [0.2, 0.25) is 0 Å². The standard InChI is InChI=1S/CH5BN2S/c3-2-4-1-5/h5H,2-3H2. The molecule has 0 aliphatic heterocycles. The highest BCUT2D eigenvalue weighted by Crippen LogP contribution is 1.58. The Morgan fingerprint density at radius 1 is 2.00 bits per heavy atom. The number of thiocyanates is 1. The fourth-order valence-corrected chi connectivity index (χ4v) is 0.173. The van der Waals surface area contributed by atoms with Crippen LogP contribution in [0.1, 0.15) is 0 Å². The van der Waals surface area contributed by atoms with Gasteiger partial charge in [0.05, 0.1) is 0 Å². The number of nitrogens with zero attached hydrogens (tertiary/aromatic N) is 1. The maximum absolute atomic E-state index is 4.99. The molecule has 0 bridgehead atoms. The van der Waals surface area contributed by atoms with Gasteiger partial charge in [0.2, 0.25) is 0 Å². The SMILES string of the molecule is N[BH2-][N+]#CS. The van der Waals surface area contributed by atoms with Crippen molar-refractivity contribution in [2.75, 3.05) is 0 Å². The van der Waals surface area contributed by atoms with Gasteiger partial charge < -0.3 is 10.4 Å². The van der Waals surface area contributed by atoms with Gasteiger partial charge in [0, 0.05) is 0 Å². The van der Waals surface area contributed by atoms with Crippen molar-refractivity contribution in [1.82, 2.24) is 0 Å². The number of hydrogen-bond donors (Lipinski definition) is 2. The minimum absolute atomic E-state index is 0.556. The third-order valence-electron chi connectivity index (χ3n) is 0.229. The van der Waals surface area contributed by atoms with Gasteiger partial charge in [-0.25, -0.2) is 0 Å². The van der Waals surface area contributed by atoms with Crippen LogP contribution in [0, 0.1) is 5.40 Å². The molecular formula is CH5BN2S. The summed E-state index contributed by atoms with van der Waals surface area (Å²) in [6.45, 7) is 0. The van der Waals surface area contributed by atoms with E-state index < -0.39 is 7.55 Å². The smallest absolute Gasteiger partial charge is 0.431 e. The van der Waals surface area contributed by atoms with Gasteiger partial charge in [-0.05, 0) is 12.6 Å². The molecule has 0 rings (SSSR count). The molecule has 2 nitrogen and oxygen atoms in total. The molecule has 0 amide bonds. The van der Waals surface area contributed by atoms with Crippen molar-refractivity contribution in [2.24, 2.45) is 5.64 Å². The molecule has 0 heterocycles. The second-order valence-electron chi connectivity index (χ2n) is 0.582. The molecular weight excluding hydrogens is 82.9 g/mol. The molecule has 0 radical (unpaired) electrons. The van der Waals surface area contributed by atoms with Crippen molar-refractivity contribution < 1.29 is 0 Å². The number of hydrogen-bond acceptors (Lipinski definition) is 2. The Bertz CT molecular complexity index is 61.8. The van der Waals surface area contributed by atoms with Gasteiger partial charge in [-0.3, -0.25) is 0 Å². The van der Waals surface area contributed by atoms with Gasteiger partial charge in [0.15, 0.2) is 0 Å². The van der Waals surface area contributed by atoms with Crippen LogP contribution < -0.4 is 5.64 Å². The summed E-state index contributed by atoms with van der Waals surface area (Å²) >= 11 is 3.54. The summed E-state index contributed by atoms with van der Waals surface area (Å²) in [5, 5.41) is 2.27. The van der Waals surface area contributed by atoms with Crippen LogP contribution in [0.4, 0.5) is 0 Å². The average Bonchev–Trinajstić information content (AvgIpc) is 1.41. The molecule has 0 aliphatic carbocycles. The Kier molecular flexibility index (Phi) is 3.76. The highest BCUT2D eigenvalue weighted by Gasteiger charge is 1.61. The van der Waals surface area contributed by atoms with Gasteiger partial charge in [0.25, 0.3) is 5.40 Å². The van der Waals surface area contributed by atoms with Crippen LogP contribution in [0.15, 0.2) is 0 Å². The molecule has 0 saturated carbocycles. The third-order valence-corrected chi connectivity index (χ3v) is 0.429. The molecule has 2 N–H and O–H groups in total. The van der Waals surface area contributed by atoms with E-state index in [-0.39, 0.29) is 0 Å². The maximum atomic E-state index is 4.99. The van der Waals surface area contributed by atoms with E-state index >= 15 is 0 Å². The lowest BCUT2D eigenvalue weighted by Crippen LogP contribution is -1.95. The summed E-state index contributed by atoms with van der Waals surface area (Å²) in [5.74, 6) is 0. The predicted octanol–water partition coefficient (Wildman–Crippen LogP) is -0.836. The zero-order valence-corrected chi connectivity index (χ0v) is 3.87. The van der Waals surface area contributed by atoms with E-state index in [4.69, 9.17) is 5.64 Å². The maximum Gasteiger partial charge on any atom is 0.443 e. The Morgan fingerprint density at radius 2 is 2.60 bits per heavy atom. The summed E-state index contributed by atoms with van der Waals surface area (Å²) in [6, 6.07) is 0. The second kappa shape index (κ2) is 3.86. The third kappa shape index (κ3) is 3.86. The van der Waals surface area contributed by atoms with Gasteiger partial charge >= 0.3 is 7.55 Å². The molecule has 0 aromatic rings. The molecule has 0 atom stereocenters. The molecule has 0 aliphatic rings. The highest BCUT2D eigenvalue weighted by molar-refractivity contribution is 7.85. The zero-order chi connectivity index (χ0) is 4.12. The number of thiol groups is 1. The molecule has 5 heavy (non-hydrogen) atoms. The average molecular weight is 87.9 g/mol. The van der Waals surface area contributed by atoms with Crippen molar-refractivity contribution in [3.8, 4) is 5.40 Å². The Balaban J connectivity index is 2.81. The van der Waals surface area contributed by atoms with Crippen LogP contribution in [0.5, 0.6) is 0 Å². The van der Waals surface area contributed by atoms with Crippen LogP contribution in [0.25, 0.3) is 4.76 Å². The molecule has 0 unspecified atom stereocenters. The Morgan fingerprint density at radius 3 is 2.60 bits per heavy atom. The van der Waals surface area contributed by atoms with Gasteiger partial charge in [-0.15, -0.1) is 0 Å². The van der Waals surface area contributed by atoms with Crippen molar-refractivity contribution in [3.63, 3.8) is 0 Å². The topological polar surface area (TPSA) is 30.4 Å². The quantitative estimate of drug-likeness (QED) is 0.226. The minimum Gasteiger partial charge on any atom is -0.431 e. The van der Waals surface area contributed by atoms with Crippen LogP contribution >= 0.6 is 12.6 Å². The van der Waals surface area contributed by atoms with E-state index in [1.807, 2.05) is 0 Å². The predicted molar refractivity (Wildman–Crippen MR) is 29.0 cm³/mol. The first-order valence-corrected chi connectivity index (χ1v) is 1.92. The molecule has 0 aromatic heterocycles. The number of nitrogens with two attached hydrogens (primary N) is 1. The van der Waals surface area contributed by atoms with E-state index in [1.54, 1.807) is 0 Å². The van der Waals surface area contributed by atoms with E-state index in [2.05, 4.69) is 22.8 Å². The van der Waals surface area contributed by atoms with Gasteiger partial charge in [-0.2, -0.15) is 0 Å². The van der Waals surface area contributed by atoms with Gasteiger partial charge in [0.1, 0.15) is 0 Å². The molecule has 0 aromatic carbocycles. The first kappa shape index (κ1) is 4.86. The highest BCUT2D eigenvalue weighted by atomic mass is 32.1. The van der Waals surface area contributed by atoms with E-state index in [9.17, 15) is 0 Å². The van der Waals surface area contributed by atoms with Gasteiger partial charge in [-0.1, -0.05) is 0 Å². The van der Waals surface area contributed by atoms with E-state index in [1.165, 1.54) is 0 Å². The summed E-state index contributed by atoms with van der Waals surface area (Å²) in [6.07, 6.45) is 0. The van der Waals surface area contributed by atoms with Crippen molar-refractivity contribution in [2.45, 2.75) is 0 Å². The summed E-state index contributed by atoms with van der Waals surface area (Å²) in [7, 11) is -0.556. The Hall–Kier alpha value is -0.135. The molecule has 4 heteroatoms. The van der Waals surface area contributed by atoms with Crippen molar-refractivity contribution in [3.05, 3.63) is 4.76 Å². The normalized spacial score (nSPS) is 5.20. The molecule has 28 valence electrons.